The van der Waals surface area contributed by atoms with Gasteiger partial charge in [0, 0.05) is 22.6 Å². The molecule has 1 heterocycles. The molecule has 0 bridgehead atoms. The Bertz CT molecular complexity index is 818. The largest absolute Gasteiger partial charge is 0.326 e. The molecule has 0 radical (unpaired) electrons. The molecule has 21 heavy (non-hydrogen) atoms. The molecular formula is C17H16BrN3. The van der Waals surface area contributed by atoms with Crippen molar-refractivity contribution < 1.29 is 0 Å². The Morgan fingerprint density at radius 3 is 2.76 bits per heavy atom. The molecule has 0 saturated heterocycles. The summed E-state index contributed by atoms with van der Waals surface area (Å²) in [4.78, 5) is 4.88. The number of hydrogen-bond donors (Lipinski definition) is 1. The fourth-order valence-electron chi connectivity index (χ4n) is 2.80. The van der Waals surface area contributed by atoms with Crippen molar-refractivity contribution in [1.82, 2.24) is 9.55 Å². The molecule has 0 atom stereocenters. The lowest BCUT2D eigenvalue weighted by molar-refractivity contribution is 0.775. The summed E-state index contributed by atoms with van der Waals surface area (Å²) in [6.45, 7) is 0.554. The maximum Gasteiger partial charge on any atom is 0.141 e. The van der Waals surface area contributed by atoms with Crippen molar-refractivity contribution >= 4 is 27.0 Å². The molecule has 4 rings (SSSR count). The summed E-state index contributed by atoms with van der Waals surface area (Å²) in [5, 5.41) is 0. The highest BCUT2D eigenvalue weighted by Crippen LogP contribution is 2.41. The van der Waals surface area contributed by atoms with E-state index in [2.05, 4.69) is 56.9 Å². The minimum Gasteiger partial charge on any atom is -0.326 e. The molecule has 1 aliphatic carbocycles. The van der Waals surface area contributed by atoms with Crippen LogP contribution in [0.15, 0.2) is 46.9 Å². The van der Waals surface area contributed by atoms with Gasteiger partial charge in [0.1, 0.15) is 5.82 Å². The van der Waals surface area contributed by atoms with Crippen LogP contribution in [0.2, 0.25) is 0 Å². The van der Waals surface area contributed by atoms with Gasteiger partial charge in [0.2, 0.25) is 0 Å². The third-order valence-electron chi connectivity index (χ3n) is 3.98. The third-order valence-corrected chi connectivity index (χ3v) is 4.48. The van der Waals surface area contributed by atoms with Gasteiger partial charge in [-0.05, 0) is 42.7 Å². The van der Waals surface area contributed by atoms with E-state index >= 15 is 0 Å². The second-order valence-electron chi connectivity index (χ2n) is 5.57. The number of halogens is 1. The molecule has 1 aliphatic rings. The molecule has 0 amide bonds. The lowest BCUT2D eigenvalue weighted by atomic mass is 10.2. The second kappa shape index (κ2) is 4.97. The van der Waals surface area contributed by atoms with E-state index in [1.807, 2.05) is 6.07 Å². The molecule has 4 heteroatoms. The van der Waals surface area contributed by atoms with Crippen LogP contribution in [-0.4, -0.2) is 9.55 Å². The molecule has 106 valence electrons. The maximum absolute atomic E-state index is 5.75. The first-order chi connectivity index (χ1) is 10.3. The van der Waals surface area contributed by atoms with Crippen molar-refractivity contribution in [3.63, 3.8) is 0 Å². The Morgan fingerprint density at radius 1 is 1.19 bits per heavy atom. The van der Waals surface area contributed by atoms with Crippen molar-refractivity contribution in [3.05, 3.63) is 52.5 Å². The molecule has 0 spiro atoms. The third kappa shape index (κ3) is 2.28. The highest BCUT2D eigenvalue weighted by molar-refractivity contribution is 9.10. The predicted octanol–water partition coefficient (Wildman–Crippen LogP) is 4.26. The van der Waals surface area contributed by atoms with Gasteiger partial charge in [0.05, 0.1) is 11.0 Å². The Labute approximate surface area is 131 Å². The van der Waals surface area contributed by atoms with E-state index in [4.69, 9.17) is 10.7 Å². The topological polar surface area (TPSA) is 43.8 Å². The average Bonchev–Trinajstić information content (AvgIpc) is 3.26. The summed E-state index contributed by atoms with van der Waals surface area (Å²) in [5.74, 6) is 1.06. The monoisotopic (exact) mass is 341 g/mol. The standard InChI is InChI=1S/C17H16BrN3/c18-13-3-1-2-12(9-13)17-20-15-8-11(10-19)4-7-16(15)21(17)14-5-6-14/h1-4,7-9,14H,5-6,10,19H2. The van der Waals surface area contributed by atoms with Crippen LogP contribution < -0.4 is 5.73 Å². The van der Waals surface area contributed by atoms with Gasteiger partial charge in [-0.25, -0.2) is 4.98 Å². The minimum absolute atomic E-state index is 0.554. The summed E-state index contributed by atoms with van der Waals surface area (Å²) in [6.07, 6.45) is 2.48. The highest BCUT2D eigenvalue weighted by atomic mass is 79.9. The molecule has 1 aromatic heterocycles. The minimum atomic E-state index is 0.554. The van der Waals surface area contributed by atoms with Crippen LogP contribution in [0.25, 0.3) is 22.4 Å². The number of hydrogen-bond acceptors (Lipinski definition) is 2. The van der Waals surface area contributed by atoms with Gasteiger partial charge in [-0.1, -0.05) is 34.1 Å². The van der Waals surface area contributed by atoms with Crippen molar-refractivity contribution in [3.8, 4) is 11.4 Å². The van der Waals surface area contributed by atoms with Gasteiger partial charge < -0.3 is 10.3 Å². The van der Waals surface area contributed by atoms with E-state index in [0.29, 0.717) is 12.6 Å². The zero-order valence-corrected chi connectivity index (χ0v) is 13.2. The van der Waals surface area contributed by atoms with Crippen LogP contribution in [0, 0.1) is 0 Å². The SMILES string of the molecule is NCc1ccc2c(c1)nc(-c1cccc(Br)c1)n2C1CC1. The average molecular weight is 342 g/mol. The number of aromatic nitrogens is 2. The van der Waals surface area contributed by atoms with E-state index < -0.39 is 0 Å². The molecule has 3 aromatic rings. The zero-order chi connectivity index (χ0) is 14.4. The van der Waals surface area contributed by atoms with Gasteiger partial charge in [0.25, 0.3) is 0 Å². The molecular weight excluding hydrogens is 326 g/mol. The number of imidazole rings is 1. The van der Waals surface area contributed by atoms with E-state index in [0.717, 1.165) is 26.9 Å². The molecule has 0 aliphatic heterocycles. The zero-order valence-electron chi connectivity index (χ0n) is 11.6. The van der Waals surface area contributed by atoms with Crippen molar-refractivity contribution in [2.24, 2.45) is 5.73 Å². The summed E-state index contributed by atoms with van der Waals surface area (Å²) < 4.78 is 3.47. The van der Waals surface area contributed by atoms with Crippen molar-refractivity contribution in [1.29, 1.82) is 0 Å². The molecule has 1 saturated carbocycles. The van der Waals surface area contributed by atoms with Crippen LogP contribution in [0.3, 0.4) is 0 Å². The Kier molecular flexibility index (Phi) is 3.08. The number of fused-ring (bicyclic) bond motifs is 1. The summed E-state index contributed by atoms with van der Waals surface area (Å²) in [5.41, 5.74) is 10.3. The lowest BCUT2D eigenvalue weighted by Crippen LogP contribution is -1.98. The molecule has 0 unspecified atom stereocenters. The van der Waals surface area contributed by atoms with Crippen LogP contribution >= 0.6 is 15.9 Å². The highest BCUT2D eigenvalue weighted by Gasteiger charge is 2.28. The van der Waals surface area contributed by atoms with Gasteiger partial charge >= 0.3 is 0 Å². The first-order valence-corrected chi connectivity index (χ1v) is 8.02. The van der Waals surface area contributed by atoms with Crippen LogP contribution in [-0.2, 0) is 6.54 Å². The Morgan fingerprint density at radius 2 is 2.05 bits per heavy atom. The van der Waals surface area contributed by atoms with Crippen LogP contribution in [0.5, 0.6) is 0 Å². The number of nitrogens with two attached hydrogens (primary N) is 1. The first-order valence-electron chi connectivity index (χ1n) is 7.23. The summed E-state index contributed by atoms with van der Waals surface area (Å²) in [7, 11) is 0. The number of benzene rings is 2. The Balaban J connectivity index is 1.97. The smallest absolute Gasteiger partial charge is 0.141 e. The van der Waals surface area contributed by atoms with Gasteiger partial charge in [-0.2, -0.15) is 0 Å². The lowest BCUT2D eigenvalue weighted by Gasteiger charge is -2.08. The quantitative estimate of drug-likeness (QED) is 0.773. The van der Waals surface area contributed by atoms with Crippen LogP contribution in [0.1, 0.15) is 24.4 Å². The molecule has 2 N–H and O–H groups in total. The molecule has 2 aromatic carbocycles. The normalized spacial score (nSPS) is 14.8. The summed E-state index contributed by atoms with van der Waals surface area (Å²) in [6, 6.07) is 15.3. The second-order valence-corrected chi connectivity index (χ2v) is 6.49. The van der Waals surface area contributed by atoms with E-state index in [1.54, 1.807) is 0 Å². The fraction of sp³-hybridized carbons (Fsp3) is 0.235. The Hall–Kier alpha value is -1.65. The number of nitrogens with zero attached hydrogens (tertiary/aromatic N) is 2. The number of rotatable bonds is 3. The van der Waals surface area contributed by atoms with E-state index in [-0.39, 0.29) is 0 Å². The molecule has 3 nitrogen and oxygen atoms in total. The van der Waals surface area contributed by atoms with Gasteiger partial charge in [-0.15, -0.1) is 0 Å². The van der Waals surface area contributed by atoms with Gasteiger partial charge in [-0.3, -0.25) is 0 Å². The van der Waals surface area contributed by atoms with Crippen molar-refractivity contribution in [2.75, 3.05) is 0 Å². The maximum atomic E-state index is 5.75. The van der Waals surface area contributed by atoms with Gasteiger partial charge in [0.15, 0.2) is 0 Å². The summed E-state index contributed by atoms with van der Waals surface area (Å²) >= 11 is 3.55. The predicted molar refractivity (Wildman–Crippen MR) is 89.0 cm³/mol. The van der Waals surface area contributed by atoms with E-state index in [1.165, 1.54) is 18.4 Å². The molecule has 1 fully saturated rings. The van der Waals surface area contributed by atoms with Crippen LogP contribution in [0.4, 0.5) is 0 Å². The van der Waals surface area contributed by atoms with Crippen molar-refractivity contribution in [2.45, 2.75) is 25.4 Å². The fourth-order valence-corrected chi connectivity index (χ4v) is 3.20. The van der Waals surface area contributed by atoms with E-state index in [9.17, 15) is 0 Å². The first kappa shape index (κ1) is 13.0.